The van der Waals surface area contributed by atoms with Crippen molar-refractivity contribution in [3.05, 3.63) is 65.5 Å². The van der Waals surface area contributed by atoms with E-state index in [0.717, 1.165) is 12.1 Å². The van der Waals surface area contributed by atoms with Gasteiger partial charge in [-0.05, 0) is 60.8 Å². The molecule has 2 aromatic rings. The molecule has 0 heterocycles. The number of rotatable bonds is 7. The zero-order chi connectivity index (χ0) is 18.8. The molecule has 0 bridgehead atoms. The Labute approximate surface area is 159 Å². The highest BCUT2D eigenvalue weighted by molar-refractivity contribution is 7.80. The predicted molar refractivity (Wildman–Crippen MR) is 107 cm³/mol. The molecule has 138 valence electrons. The predicted octanol–water partition coefficient (Wildman–Crippen LogP) is 4.12. The molecule has 0 saturated heterocycles. The highest BCUT2D eigenvalue weighted by atomic mass is 32.1. The van der Waals surface area contributed by atoms with Gasteiger partial charge in [-0.25, -0.2) is 4.39 Å². The minimum atomic E-state index is -0.298. The van der Waals surface area contributed by atoms with Crippen molar-refractivity contribution in [2.24, 2.45) is 0 Å². The number of nitrogens with one attached hydrogen (secondary N) is 3. The molecule has 0 aromatic heterocycles. The molecule has 0 spiro atoms. The quantitative estimate of drug-likeness (QED) is 0.505. The van der Waals surface area contributed by atoms with Gasteiger partial charge in [0, 0.05) is 12.1 Å². The van der Waals surface area contributed by atoms with Crippen molar-refractivity contribution in [3.8, 4) is 0 Å². The second kappa shape index (κ2) is 10.5. The lowest BCUT2D eigenvalue weighted by molar-refractivity contribution is -0.121. The summed E-state index contributed by atoms with van der Waals surface area (Å²) in [7, 11) is 0. The monoisotopic (exact) mass is 373 g/mol. The number of aryl methyl sites for hydroxylation is 2. The largest absolute Gasteiger partial charge is 0.331 e. The van der Waals surface area contributed by atoms with Crippen molar-refractivity contribution >= 4 is 28.9 Å². The first kappa shape index (κ1) is 19.8. The third-order valence-electron chi connectivity index (χ3n) is 3.93. The van der Waals surface area contributed by atoms with E-state index in [1.54, 1.807) is 18.2 Å². The zero-order valence-electron chi connectivity index (χ0n) is 14.8. The van der Waals surface area contributed by atoms with Gasteiger partial charge in [-0.3, -0.25) is 15.6 Å². The van der Waals surface area contributed by atoms with Gasteiger partial charge in [0.2, 0.25) is 5.91 Å². The van der Waals surface area contributed by atoms with Crippen LogP contribution in [0.25, 0.3) is 0 Å². The minimum absolute atomic E-state index is 0.169. The molecule has 0 unspecified atom stereocenters. The second-order valence-electron chi connectivity index (χ2n) is 6.02. The number of amides is 1. The summed E-state index contributed by atoms with van der Waals surface area (Å²) in [4.78, 5) is 11.8. The molecule has 2 aromatic carbocycles. The van der Waals surface area contributed by atoms with E-state index in [9.17, 15) is 9.18 Å². The highest BCUT2D eigenvalue weighted by Crippen LogP contribution is 2.12. The Kier molecular flexibility index (Phi) is 8.02. The van der Waals surface area contributed by atoms with Crippen LogP contribution in [0.3, 0.4) is 0 Å². The Morgan fingerprint density at radius 1 is 1.04 bits per heavy atom. The van der Waals surface area contributed by atoms with Crippen LogP contribution in [0, 0.1) is 5.82 Å². The van der Waals surface area contributed by atoms with Gasteiger partial charge < -0.3 is 5.32 Å². The number of halogens is 1. The van der Waals surface area contributed by atoms with Crippen LogP contribution in [-0.2, 0) is 17.6 Å². The van der Waals surface area contributed by atoms with E-state index >= 15 is 0 Å². The zero-order valence-corrected chi connectivity index (χ0v) is 15.7. The topological polar surface area (TPSA) is 53.2 Å². The number of benzene rings is 2. The molecule has 3 N–H and O–H groups in total. The molecule has 0 aliphatic heterocycles. The average Bonchev–Trinajstić information content (AvgIpc) is 2.65. The lowest BCUT2D eigenvalue weighted by atomic mass is 10.1. The second-order valence-corrected chi connectivity index (χ2v) is 6.43. The number of carbonyl (C=O) groups is 1. The maximum atomic E-state index is 13.5. The molecule has 1 amide bonds. The molecule has 0 atom stereocenters. The smallest absolute Gasteiger partial charge is 0.238 e. The fourth-order valence-electron chi connectivity index (χ4n) is 2.44. The van der Waals surface area contributed by atoms with Gasteiger partial charge >= 0.3 is 0 Å². The first-order chi connectivity index (χ1) is 12.6. The molecule has 0 saturated carbocycles. The summed E-state index contributed by atoms with van der Waals surface area (Å²) in [5, 5.41) is 3.31. The lowest BCUT2D eigenvalue weighted by Crippen LogP contribution is -2.43. The number of anilines is 1. The minimum Gasteiger partial charge on any atom is -0.331 e. The molecular weight excluding hydrogens is 349 g/mol. The molecule has 0 fully saturated rings. The summed E-state index contributed by atoms with van der Waals surface area (Å²) < 4.78 is 13.5. The van der Waals surface area contributed by atoms with Crippen LogP contribution >= 0.6 is 12.2 Å². The van der Waals surface area contributed by atoms with Crippen molar-refractivity contribution in [3.63, 3.8) is 0 Å². The molecule has 26 heavy (non-hydrogen) atoms. The van der Waals surface area contributed by atoms with E-state index in [-0.39, 0.29) is 18.1 Å². The maximum absolute atomic E-state index is 13.5. The van der Waals surface area contributed by atoms with Crippen LogP contribution in [0.2, 0.25) is 0 Å². The van der Waals surface area contributed by atoms with E-state index in [0.29, 0.717) is 17.1 Å². The molecule has 2 rings (SSSR count). The fraction of sp³-hybridized carbons (Fsp3) is 0.300. The molecule has 4 nitrogen and oxygen atoms in total. The van der Waals surface area contributed by atoms with E-state index in [2.05, 4.69) is 35.2 Å². The Morgan fingerprint density at radius 2 is 1.77 bits per heavy atom. The van der Waals surface area contributed by atoms with Gasteiger partial charge in [0.25, 0.3) is 0 Å². The fourth-order valence-corrected chi connectivity index (χ4v) is 2.61. The van der Waals surface area contributed by atoms with Gasteiger partial charge in [-0.2, -0.15) is 0 Å². The van der Waals surface area contributed by atoms with Crippen LogP contribution < -0.4 is 16.2 Å². The first-order valence-electron chi connectivity index (χ1n) is 8.76. The van der Waals surface area contributed by atoms with Crippen LogP contribution in [0.4, 0.5) is 10.1 Å². The van der Waals surface area contributed by atoms with Gasteiger partial charge in [0.1, 0.15) is 5.82 Å². The lowest BCUT2D eigenvalue weighted by Gasteiger charge is -2.12. The summed E-state index contributed by atoms with van der Waals surface area (Å²) >= 11 is 5.16. The SMILES string of the molecule is CCCCc1ccc(NC(=S)NNC(=O)CCc2ccccc2F)cc1. The third kappa shape index (κ3) is 6.80. The van der Waals surface area contributed by atoms with E-state index in [1.807, 2.05) is 12.1 Å². The van der Waals surface area contributed by atoms with Crippen molar-refractivity contribution in [2.75, 3.05) is 5.32 Å². The normalized spacial score (nSPS) is 10.2. The number of unbranched alkanes of at least 4 members (excludes halogenated alkanes) is 1. The van der Waals surface area contributed by atoms with Gasteiger partial charge in [-0.15, -0.1) is 0 Å². The molecule has 0 aliphatic carbocycles. The van der Waals surface area contributed by atoms with Gasteiger partial charge in [0.15, 0.2) is 5.11 Å². The number of carbonyl (C=O) groups excluding carboxylic acids is 1. The Bertz CT molecular complexity index is 734. The van der Waals surface area contributed by atoms with E-state index in [4.69, 9.17) is 12.2 Å². The van der Waals surface area contributed by atoms with Crippen molar-refractivity contribution in [2.45, 2.75) is 39.0 Å². The molecule has 0 radical (unpaired) electrons. The number of hydrogen-bond donors (Lipinski definition) is 3. The Morgan fingerprint density at radius 3 is 2.46 bits per heavy atom. The maximum Gasteiger partial charge on any atom is 0.238 e. The standard InChI is InChI=1S/C20H24FN3OS/c1-2-3-6-15-9-12-17(13-10-15)22-20(26)24-23-19(25)14-11-16-7-4-5-8-18(16)21/h4-5,7-10,12-13H,2-3,6,11,14H2,1H3,(H,23,25)(H2,22,24,26). The summed E-state index contributed by atoms with van der Waals surface area (Å²) in [6.45, 7) is 2.17. The number of hydrogen-bond acceptors (Lipinski definition) is 2. The third-order valence-corrected chi connectivity index (χ3v) is 4.13. The van der Waals surface area contributed by atoms with E-state index < -0.39 is 0 Å². The molecular formula is C20H24FN3OS. The molecule has 0 aliphatic rings. The van der Waals surface area contributed by atoms with E-state index in [1.165, 1.54) is 24.5 Å². The van der Waals surface area contributed by atoms with Crippen LogP contribution in [0.5, 0.6) is 0 Å². The number of thiocarbonyl (C=S) groups is 1. The van der Waals surface area contributed by atoms with Crippen LogP contribution in [-0.4, -0.2) is 11.0 Å². The Hall–Kier alpha value is -2.47. The number of hydrazine groups is 1. The summed E-state index contributed by atoms with van der Waals surface area (Å²) in [5.74, 6) is -0.555. The van der Waals surface area contributed by atoms with Crippen LogP contribution in [0.1, 0.15) is 37.3 Å². The Balaban J connectivity index is 1.70. The average molecular weight is 373 g/mol. The van der Waals surface area contributed by atoms with Gasteiger partial charge in [-0.1, -0.05) is 43.7 Å². The van der Waals surface area contributed by atoms with Crippen molar-refractivity contribution < 1.29 is 9.18 Å². The first-order valence-corrected chi connectivity index (χ1v) is 9.17. The highest BCUT2D eigenvalue weighted by Gasteiger charge is 2.06. The van der Waals surface area contributed by atoms with Crippen molar-refractivity contribution in [1.82, 2.24) is 10.9 Å². The summed E-state index contributed by atoms with van der Waals surface area (Å²) in [6, 6.07) is 14.5. The molecule has 6 heteroatoms. The summed E-state index contributed by atoms with van der Waals surface area (Å²) in [6.07, 6.45) is 3.91. The van der Waals surface area contributed by atoms with Gasteiger partial charge in [0.05, 0.1) is 0 Å². The van der Waals surface area contributed by atoms with Crippen molar-refractivity contribution in [1.29, 1.82) is 0 Å². The summed E-state index contributed by atoms with van der Waals surface area (Å²) in [5.41, 5.74) is 7.83. The van der Waals surface area contributed by atoms with Crippen LogP contribution in [0.15, 0.2) is 48.5 Å².